The van der Waals surface area contributed by atoms with E-state index >= 15 is 0 Å². The molecule has 146 valence electrons. The Morgan fingerprint density at radius 1 is 1.00 bits per heavy atom. The number of nitrogen functional groups attached to an aromatic ring is 1. The van der Waals surface area contributed by atoms with Crippen LogP contribution in [0.3, 0.4) is 0 Å². The largest absolute Gasteiger partial charge is 0.493 e. The number of hydrogen-bond acceptors (Lipinski definition) is 7. The molecule has 0 unspecified atom stereocenters. The number of piperidine rings is 1. The fourth-order valence-corrected chi connectivity index (χ4v) is 4.25. The van der Waals surface area contributed by atoms with E-state index in [2.05, 4.69) is 14.8 Å². The van der Waals surface area contributed by atoms with Crippen molar-refractivity contribution in [3.63, 3.8) is 0 Å². The molecule has 0 saturated carbocycles. The molecule has 4 rings (SSSR count). The van der Waals surface area contributed by atoms with E-state index in [1.807, 2.05) is 12.1 Å². The lowest BCUT2D eigenvalue weighted by Gasteiger charge is -2.34. The number of benzene rings is 1. The van der Waals surface area contributed by atoms with Crippen molar-refractivity contribution in [2.24, 2.45) is 5.92 Å². The van der Waals surface area contributed by atoms with Gasteiger partial charge in [-0.15, -0.1) is 0 Å². The van der Waals surface area contributed by atoms with Gasteiger partial charge < -0.3 is 25.0 Å². The first-order valence-corrected chi connectivity index (χ1v) is 9.84. The number of aromatic nitrogens is 2. The van der Waals surface area contributed by atoms with Gasteiger partial charge in [0.1, 0.15) is 5.82 Å². The zero-order valence-electron chi connectivity index (χ0n) is 16.3. The summed E-state index contributed by atoms with van der Waals surface area (Å²) in [6, 6.07) is 3.71. The molecule has 2 saturated heterocycles. The van der Waals surface area contributed by atoms with Crippen LogP contribution >= 0.6 is 0 Å². The topological polar surface area (TPSA) is 76.7 Å². The molecule has 3 heterocycles. The van der Waals surface area contributed by atoms with E-state index in [4.69, 9.17) is 20.2 Å². The van der Waals surface area contributed by atoms with Crippen LogP contribution in [0.4, 0.5) is 11.8 Å². The molecule has 2 aliphatic rings. The van der Waals surface area contributed by atoms with Gasteiger partial charge in [0.2, 0.25) is 5.95 Å². The van der Waals surface area contributed by atoms with E-state index in [1.165, 1.54) is 45.3 Å². The Hall–Kier alpha value is -2.28. The Bertz CT molecular complexity index is 799. The molecule has 0 bridgehead atoms. The molecule has 2 aliphatic heterocycles. The van der Waals surface area contributed by atoms with Gasteiger partial charge in [0.05, 0.1) is 19.7 Å². The highest BCUT2D eigenvalue weighted by Gasteiger charge is 2.24. The summed E-state index contributed by atoms with van der Waals surface area (Å²) in [7, 11) is 3.24. The van der Waals surface area contributed by atoms with E-state index < -0.39 is 0 Å². The van der Waals surface area contributed by atoms with E-state index in [0.717, 1.165) is 29.9 Å². The second-order valence-corrected chi connectivity index (χ2v) is 7.57. The highest BCUT2D eigenvalue weighted by Crippen LogP contribution is 2.34. The van der Waals surface area contributed by atoms with Crippen LogP contribution in [0.1, 0.15) is 25.7 Å². The first kappa shape index (κ1) is 18.1. The van der Waals surface area contributed by atoms with Crippen molar-refractivity contribution < 1.29 is 9.47 Å². The predicted molar refractivity (Wildman–Crippen MR) is 108 cm³/mol. The number of nitrogens with zero attached hydrogens (tertiary/aromatic N) is 4. The third kappa shape index (κ3) is 3.74. The van der Waals surface area contributed by atoms with Gasteiger partial charge in [0.25, 0.3) is 0 Å². The van der Waals surface area contributed by atoms with Crippen LogP contribution < -0.4 is 20.1 Å². The van der Waals surface area contributed by atoms with Crippen LogP contribution in [0.5, 0.6) is 11.5 Å². The van der Waals surface area contributed by atoms with Gasteiger partial charge in [-0.2, -0.15) is 4.98 Å². The van der Waals surface area contributed by atoms with Gasteiger partial charge in [0.15, 0.2) is 11.5 Å². The van der Waals surface area contributed by atoms with Crippen LogP contribution in [0.25, 0.3) is 10.9 Å². The number of rotatable bonds is 5. The van der Waals surface area contributed by atoms with Crippen LogP contribution in [-0.2, 0) is 0 Å². The Labute approximate surface area is 160 Å². The number of ether oxygens (including phenoxy) is 2. The van der Waals surface area contributed by atoms with E-state index in [1.54, 1.807) is 14.2 Å². The predicted octanol–water partition coefficient (Wildman–Crippen LogP) is 2.54. The minimum absolute atomic E-state index is 0.482. The van der Waals surface area contributed by atoms with Crippen molar-refractivity contribution in [2.75, 3.05) is 57.6 Å². The average molecular weight is 371 g/mol. The summed E-state index contributed by atoms with van der Waals surface area (Å²) in [5, 5.41) is 0.792. The van der Waals surface area contributed by atoms with Crippen molar-refractivity contribution in [2.45, 2.75) is 25.7 Å². The normalized spacial score (nSPS) is 19.0. The van der Waals surface area contributed by atoms with Crippen LogP contribution in [-0.4, -0.2) is 61.8 Å². The minimum atomic E-state index is 0.482. The lowest BCUT2D eigenvalue weighted by Crippen LogP contribution is -2.39. The number of methoxy groups -OCH3 is 2. The van der Waals surface area contributed by atoms with Crippen LogP contribution in [0, 0.1) is 5.92 Å². The summed E-state index contributed by atoms with van der Waals surface area (Å²) in [5.41, 5.74) is 7.02. The highest BCUT2D eigenvalue weighted by molar-refractivity contribution is 5.91. The van der Waals surface area contributed by atoms with Crippen molar-refractivity contribution in [3.8, 4) is 11.5 Å². The van der Waals surface area contributed by atoms with Crippen molar-refractivity contribution in [3.05, 3.63) is 12.1 Å². The zero-order chi connectivity index (χ0) is 18.8. The summed E-state index contributed by atoms with van der Waals surface area (Å²) in [4.78, 5) is 14.2. The maximum atomic E-state index is 6.23. The molecular formula is C20H29N5O2. The number of nitrogens with two attached hydrogens (primary N) is 1. The van der Waals surface area contributed by atoms with E-state index in [-0.39, 0.29) is 0 Å². The van der Waals surface area contributed by atoms with E-state index in [0.29, 0.717) is 23.3 Å². The first-order chi connectivity index (χ1) is 13.2. The molecule has 2 N–H and O–H groups in total. The van der Waals surface area contributed by atoms with Crippen molar-refractivity contribution in [1.29, 1.82) is 0 Å². The second-order valence-electron chi connectivity index (χ2n) is 7.57. The lowest BCUT2D eigenvalue weighted by molar-refractivity contribution is 0.249. The summed E-state index contributed by atoms with van der Waals surface area (Å²) in [6.07, 6.45) is 5.09. The molecule has 0 radical (unpaired) electrons. The third-order valence-electron chi connectivity index (χ3n) is 5.83. The van der Waals surface area contributed by atoms with Gasteiger partial charge in [-0.3, -0.25) is 0 Å². The van der Waals surface area contributed by atoms with Crippen molar-refractivity contribution >= 4 is 22.7 Å². The molecule has 0 spiro atoms. The first-order valence-electron chi connectivity index (χ1n) is 9.84. The standard InChI is InChI=1S/C20H29N5O2/c1-26-17-11-15-16(12-18(17)27-2)22-20(23-19(15)21)25-9-5-14(6-10-25)13-24-7-3-4-8-24/h11-12,14H,3-10,13H2,1-2H3,(H2,21,22,23). The molecular weight excluding hydrogens is 342 g/mol. The van der Waals surface area contributed by atoms with E-state index in [9.17, 15) is 0 Å². The average Bonchev–Trinajstić information content (AvgIpc) is 3.20. The molecule has 2 aromatic rings. The molecule has 0 aliphatic carbocycles. The van der Waals surface area contributed by atoms with Gasteiger partial charge >= 0.3 is 0 Å². The second kappa shape index (κ2) is 7.76. The van der Waals surface area contributed by atoms with Crippen LogP contribution in [0.2, 0.25) is 0 Å². The lowest BCUT2D eigenvalue weighted by atomic mass is 9.96. The molecule has 2 fully saturated rings. The fourth-order valence-electron chi connectivity index (χ4n) is 4.25. The van der Waals surface area contributed by atoms with Gasteiger partial charge in [0, 0.05) is 31.1 Å². The number of fused-ring (bicyclic) bond motifs is 1. The quantitative estimate of drug-likeness (QED) is 0.865. The molecule has 27 heavy (non-hydrogen) atoms. The number of likely N-dealkylation sites (tertiary alicyclic amines) is 1. The van der Waals surface area contributed by atoms with Gasteiger partial charge in [-0.05, 0) is 50.8 Å². The SMILES string of the molecule is COc1cc2nc(N3CCC(CN4CCCC4)CC3)nc(N)c2cc1OC. The molecule has 7 heteroatoms. The maximum Gasteiger partial charge on any atom is 0.227 e. The Morgan fingerprint density at radius 3 is 2.33 bits per heavy atom. The number of hydrogen-bond donors (Lipinski definition) is 1. The summed E-state index contributed by atoms with van der Waals surface area (Å²) in [6.45, 7) is 5.75. The fraction of sp³-hybridized carbons (Fsp3) is 0.600. The highest BCUT2D eigenvalue weighted by atomic mass is 16.5. The number of anilines is 2. The molecule has 1 aromatic carbocycles. The smallest absolute Gasteiger partial charge is 0.227 e. The minimum Gasteiger partial charge on any atom is -0.493 e. The Kier molecular flexibility index (Phi) is 5.20. The van der Waals surface area contributed by atoms with Gasteiger partial charge in [-0.25, -0.2) is 4.98 Å². The maximum absolute atomic E-state index is 6.23. The Balaban J connectivity index is 1.50. The molecule has 1 aromatic heterocycles. The summed E-state index contributed by atoms with van der Waals surface area (Å²) >= 11 is 0. The summed E-state index contributed by atoms with van der Waals surface area (Å²) in [5.74, 6) is 3.26. The van der Waals surface area contributed by atoms with Crippen LogP contribution in [0.15, 0.2) is 12.1 Å². The molecule has 0 amide bonds. The zero-order valence-corrected chi connectivity index (χ0v) is 16.3. The molecule has 7 nitrogen and oxygen atoms in total. The molecule has 0 atom stereocenters. The Morgan fingerprint density at radius 2 is 1.67 bits per heavy atom. The van der Waals surface area contributed by atoms with Gasteiger partial charge in [-0.1, -0.05) is 0 Å². The summed E-state index contributed by atoms with van der Waals surface area (Å²) < 4.78 is 10.8. The monoisotopic (exact) mass is 371 g/mol. The third-order valence-corrected chi connectivity index (χ3v) is 5.83. The van der Waals surface area contributed by atoms with Crippen molar-refractivity contribution in [1.82, 2.24) is 14.9 Å².